The minimum atomic E-state index is -0.669. The van der Waals surface area contributed by atoms with E-state index in [2.05, 4.69) is 44.1 Å². The molecule has 0 aliphatic carbocycles. The van der Waals surface area contributed by atoms with Crippen molar-refractivity contribution >= 4 is 54.4 Å². The predicted molar refractivity (Wildman–Crippen MR) is 111 cm³/mol. The standard InChI is InChI=1S/C20H17Br2NO3/c1-2-3-4-12-5-7-15(8-6-12)23-19(24)16-10-13-9-14(21)11-17(22)18(13)26-20(16)25/h5-11H,2-4H2,1H3,(H,23,24). The fourth-order valence-electron chi connectivity index (χ4n) is 2.65. The van der Waals surface area contributed by atoms with Crippen LogP contribution >= 0.6 is 31.9 Å². The third-order valence-electron chi connectivity index (χ3n) is 4.03. The molecule has 0 fully saturated rings. The summed E-state index contributed by atoms with van der Waals surface area (Å²) in [5.41, 5.74) is 1.58. The molecule has 3 aromatic rings. The first-order valence-corrected chi connectivity index (χ1v) is 9.89. The quantitative estimate of drug-likeness (QED) is 0.463. The van der Waals surface area contributed by atoms with Crippen molar-refractivity contribution in [1.82, 2.24) is 0 Å². The molecular formula is C20H17Br2NO3. The van der Waals surface area contributed by atoms with Crippen LogP contribution in [-0.2, 0) is 6.42 Å². The van der Waals surface area contributed by atoms with E-state index >= 15 is 0 Å². The first kappa shape index (κ1) is 18.9. The number of hydrogen-bond donors (Lipinski definition) is 1. The lowest BCUT2D eigenvalue weighted by Crippen LogP contribution is -2.20. The van der Waals surface area contributed by atoms with Gasteiger partial charge < -0.3 is 9.73 Å². The Morgan fingerprint density at radius 3 is 2.54 bits per heavy atom. The van der Waals surface area contributed by atoms with Crippen LogP contribution in [0.2, 0.25) is 0 Å². The lowest BCUT2D eigenvalue weighted by atomic mass is 10.1. The zero-order valence-electron chi connectivity index (χ0n) is 14.1. The van der Waals surface area contributed by atoms with Crippen LogP contribution in [0.1, 0.15) is 35.7 Å². The Labute approximate surface area is 167 Å². The Kier molecular flexibility index (Phi) is 5.94. The lowest BCUT2D eigenvalue weighted by Gasteiger charge is -2.07. The minimum absolute atomic E-state index is 0.0300. The summed E-state index contributed by atoms with van der Waals surface area (Å²) in [6.07, 6.45) is 3.29. The fourth-order valence-corrected chi connectivity index (χ4v) is 3.99. The van der Waals surface area contributed by atoms with E-state index in [9.17, 15) is 9.59 Å². The topological polar surface area (TPSA) is 59.3 Å². The van der Waals surface area contributed by atoms with E-state index in [1.807, 2.05) is 24.3 Å². The monoisotopic (exact) mass is 477 g/mol. The van der Waals surface area contributed by atoms with E-state index in [0.717, 1.165) is 23.7 Å². The number of carbonyl (C=O) groups excluding carboxylic acids is 1. The van der Waals surface area contributed by atoms with Gasteiger partial charge in [-0.25, -0.2) is 4.79 Å². The summed E-state index contributed by atoms with van der Waals surface area (Å²) in [5.74, 6) is -0.488. The van der Waals surface area contributed by atoms with Gasteiger partial charge in [0, 0.05) is 15.5 Å². The molecule has 2 aromatic carbocycles. The SMILES string of the molecule is CCCCc1ccc(NC(=O)c2cc3cc(Br)cc(Br)c3oc2=O)cc1. The number of unbranched alkanes of at least 4 members (excludes halogenated alkanes) is 1. The van der Waals surface area contributed by atoms with Gasteiger partial charge in [-0.15, -0.1) is 0 Å². The maximum Gasteiger partial charge on any atom is 0.349 e. The normalized spacial score (nSPS) is 10.9. The van der Waals surface area contributed by atoms with E-state index < -0.39 is 11.5 Å². The molecule has 0 saturated heterocycles. The van der Waals surface area contributed by atoms with Crippen molar-refractivity contribution in [3.05, 3.63) is 73.0 Å². The molecule has 4 nitrogen and oxygen atoms in total. The van der Waals surface area contributed by atoms with Gasteiger partial charge in [0.15, 0.2) is 5.58 Å². The molecule has 26 heavy (non-hydrogen) atoms. The zero-order valence-corrected chi connectivity index (χ0v) is 17.3. The molecule has 1 N–H and O–H groups in total. The third kappa shape index (κ3) is 4.24. The molecule has 0 spiro atoms. The van der Waals surface area contributed by atoms with E-state index in [-0.39, 0.29) is 5.56 Å². The van der Waals surface area contributed by atoms with Crippen LogP contribution < -0.4 is 10.9 Å². The number of halogens is 2. The highest BCUT2D eigenvalue weighted by Gasteiger charge is 2.15. The average molecular weight is 479 g/mol. The Hall–Kier alpha value is -1.92. The number of hydrogen-bond acceptors (Lipinski definition) is 3. The molecule has 0 aliphatic rings. The number of rotatable bonds is 5. The highest BCUT2D eigenvalue weighted by Crippen LogP contribution is 2.28. The maximum absolute atomic E-state index is 12.5. The fraction of sp³-hybridized carbons (Fsp3) is 0.200. The summed E-state index contributed by atoms with van der Waals surface area (Å²) in [6, 6.07) is 12.8. The molecule has 6 heteroatoms. The number of carbonyl (C=O) groups is 1. The van der Waals surface area contributed by atoms with E-state index in [4.69, 9.17) is 4.42 Å². The summed E-state index contributed by atoms with van der Waals surface area (Å²) >= 11 is 6.75. The van der Waals surface area contributed by atoms with Crippen LogP contribution in [0.25, 0.3) is 11.0 Å². The summed E-state index contributed by atoms with van der Waals surface area (Å²) < 4.78 is 6.78. The lowest BCUT2D eigenvalue weighted by molar-refractivity contribution is 0.102. The Balaban J connectivity index is 1.85. The van der Waals surface area contributed by atoms with Crippen LogP contribution in [0.5, 0.6) is 0 Å². The molecule has 1 aromatic heterocycles. The van der Waals surface area contributed by atoms with Gasteiger partial charge >= 0.3 is 5.63 Å². The molecule has 0 radical (unpaired) electrons. The second kappa shape index (κ2) is 8.18. The second-order valence-electron chi connectivity index (χ2n) is 6.01. The van der Waals surface area contributed by atoms with Gasteiger partial charge in [0.25, 0.3) is 5.91 Å². The number of benzene rings is 2. The average Bonchev–Trinajstić information content (AvgIpc) is 2.61. The van der Waals surface area contributed by atoms with Crippen molar-refractivity contribution in [3.63, 3.8) is 0 Å². The van der Waals surface area contributed by atoms with E-state index in [1.54, 1.807) is 18.2 Å². The summed E-state index contributed by atoms with van der Waals surface area (Å²) in [5, 5.41) is 3.41. The van der Waals surface area contributed by atoms with Crippen LogP contribution in [-0.4, -0.2) is 5.91 Å². The molecule has 0 unspecified atom stereocenters. The van der Waals surface area contributed by atoms with E-state index in [0.29, 0.717) is 21.1 Å². The summed E-state index contributed by atoms with van der Waals surface area (Å²) in [4.78, 5) is 24.7. The van der Waals surface area contributed by atoms with Gasteiger partial charge in [0.1, 0.15) is 5.56 Å². The van der Waals surface area contributed by atoms with Crippen LogP contribution in [0, 0.1) is 0 Å². The van der Waals surface area contributed by atoms with Crippen molar-refractivity contribution < 1.29 is 9.21 Å². The summed E-state index contributed by atoms with van der Waals surface area (Å²) in [6.45, 7) is 2.15. The number of aryl methyl sites for hydroxylation is 1. The molecule has 1 heterocycles. The molecule has 1 amide bonds. The number of nitrogens with one attached hydrogen (secondary N) is 1. The second-order valence-corrected chi connectivity index (χ2v) is 7.78. The first-order chi connectivity index (χ1) is 12.5. The van der Waals surface area contributed by atoms with Gasteiger partial charge in [-0.2, -0.15) is 0 Å². The maximum atomic E-state index is 12.5. The molecule has 0 bridgehead atoms. The molecule has 0 aliphatic heterocycles. The van der Waals surface area contributed by atoms with Crippen molar-refractivity contribution in [3.8, 4) is 0 Å². The Morgan fingerprint density at radius 2 is 1.85 bits per heavy atom. The first-order valence-electron chi connectivity index (χ1n) is 8.31. The Morgan fingerprint density at radius 1 is 1.12 bits per heavy atom. The van der Waals surface area contributed by atoms with Crippen molar-refractivity contribution in [2.45, 2.75) is 26.2 Å². The zero-order chi connectivity index (χ0) is 18.7. The molecular weight excluding hydrogens is 462 g/mol. The summed E-state index contributed by atoms with van der Waals surface area (Å²) in [7, 11) is 0. The van der Waals surface area contributed by atoms with Gasteiger partial charge in [-0.05, 0) is 64.7 Å². The Bertz CT molecular complexity index is 1010. The van der Waals surface area contributed by atoms with Crippen LogP contribution in [0.3, 0.4) is 0 Å². The smallest absolute Gasteiger partial charge is 0.349 e. The van der Waals surface area contributed by atoms with E-state index in [1.165, 1.54) is 5.56 Å². The van der Waals surface area contributed by atoms with Gasteiger partial charge in [-0.3, -0.25) is 4.79 Å². The largest absolute Gasteiger partial charge is 0.421 e. The molecule has 0 saturated carbocycles. The number of anilines is 1. The van der Waals surface area contributed by atoms with Crippen molar-refractivity contribution in [1.29, 1.82) is 0 Å². The third-order valence-corrected chi connectivity index (χ3v) is 5.07. The van der Waals surface area contributed by atoms with Gasteiger partial charge in [0.05, 0.1) is 4.47 Å². The van der Waals surface area contributed by atoms with Gasteiger partial charge in [0.2, 0.25) is 0 Å². The number of amides is 1. The highest BCUT2D eigenvalue weighted by atomic mass is 79.9. The van der Waals surface area contributed by atoms with Crippen LogP contribution in [0.15, 0.2) is 60.6 Å². The predicted octanol–water partition coefficient (Wildman–Crippen LogP) is 5.91. The highest BCUT2D eigenvalue weighted by molar-refractivity contribution is 9.11. The number of fused-ring (bicyclic) bond motifs is 1. The van der Waals surface area contributed by atoms with Crippen LogP contribution in [0.4, 0.5) is 5.69 Å². The van der Waals surface area contributed by atoms with Gasteiger partial charge in [-0.1, -0.05) is 41.4 Å². The molecule has 0 atom stereocenters. The van der Waals surface area contributed by atoms with Crippen molar-refractivity contribution in [2.75, 3.05) is 5.32 Å². The van der Waals surface area contributed by atoms with Crippen molar-refractivity contribution in [2.24, 2.45) is 0 Å². The molecule has 134 valence electrons. The molecule has 3 rings (SSSR count). The minimum Gasteiger partial charge on any atom is -0.421 e.